The topological polar surface area (TPSA) is 78.9 Å². The first-order valence-electron chi connectivity index (χ1n) is 29.7. The molecular formula is C65H110O6. The van der Waals surface area contributed by atoms with Gasteiger partial charge < -0.3 is 14.2 Å². The SMILES string of the molecule is CC/C=C\C/C=C\C/C=C\CCCCCCCCCC(=O)OC(COC(=O)CCCCCCC/C=C\C/C=C\CCCCC)COC(=O)CCCCCCCC/C=C\C/C=C\C/C=C\CCCCCCC. The molecule has 1 unspecified atom stereocenters. The van der Waals surface area contributed by atoms with Crippen molar-refractivity contribution in [2.75, 3.05) is 13.2 Å². The van der Waals surface area contributed by atoms with E-state index < -0.39 is 6.10 Å². The van der Waals surface area contributed by atoms with E-state index in [4.69, 9.17) is 14.2 Å². The van der Waals surface area contributed by atoms with Crippen LogP contribution < -0.4 is 0 Å². The minimum atomic E-state index is -0.796. The summed E-state index contributed by atoms with van der Waals surface area (Å²) in [6.07, 6.45) is 78.2. The Balaban J connectivity index is 4.44. The zero-order chi connectivity index (χ0) is 51.4. The molecule has 0 aromatic heterocycles. The zero-order valence-corrected chi connectivity index (χ0v) is 46.5. The van der Waals surface area contributed by atoms with Gasteiger partial charge >= 0.3 is 17.9 Å². The Morgan fingerprint density at radius 3 is 0.887 bits per heavy atom. The van der Waals surface area contributed by atoms with Crippen LogP contribution in [0.15, 0.2) is 97.2 Å². The second kappa shape index (κ2) is 58.9. The highest BCUT2D eigenvalue weighted by Crippen LogP contribution is 2.14. The summed E-state index contributed by atoms with van der Waals surface area (Å²) in [6, 6.07) is 0. The molecule has 0 radical (unpaired) electrons. The van der Waals surface area contributed by atoms with Gasteiger partial charge in [0.15, 0.2) is 6.10 Å². The summed E-state index contributed by atoms with van der Waals surface area (Å²) in [4.78, 5) is 38.2. The molecule has 0 aromatic carbocycles. The Morgan fingerprint density at radius 2 is 0.549 bits per heavy atom. The molecule has 0 fully saturated rings. The lowest BCUT2D eigenvalue weighted by Crippen LogP contribution is -2.30. The molecule has 0 heterocycles. The van der Waals surface area contributed by atoms with Crippen molar-refractivity contribution < 1.29 is 28.6 Å². The molecule has 0 amide bonds. The maximum absolute atomic E-state index is 12.9. The van der Waals surface area contributed by atoms with Crippen molar-refractivity contribution in [1.82, 2.24) is 0 Å². The van der Waals surface area contributed by atoms with E-state index in [1.165, 1.54) is 109 Å². The van der Waals surface area contributed by atoms with Crippen LogP contribution in [0.1, 0.15) is 278 Å². The van der Waals surface area contributed by atoms with Crippen LogP contribution >= 0.6 is 0 Å². The van der Waals surface area contributed by atoms with E-state index in [1.807, 2.05) is 0 Å². The summed E-state index contributed by atoms with van der Waals surface area (Å²) >= 11 is 0. The molecule has 0 aliphatic heterocycles. The van der Waals surface area contributed by atoms with Gasteiger partial charge in [-0.3, -0.25) is 14.4 Å². The molecule has 0 rings (SSSR count). The van der Waals surface area contributed by atoms with E-state index in [2.05, 4.69) is 118 Å². The predicted octanol–water partition coefficient (Wildman–Crippen LogP) is 20.1. The van der Waals surface area contributed by atoms with Gasteiger partial charge in [-0.15, -0.1) is 0 Å². The Bertz CT molecular complexity index is 1410. The fourth-order valence-corrected chi connectivity index (χ4v) is 8.08. The zero-order valence-electron chi connectivity index (χ0n) is 46.5. The highest BCUT2D eigenvalue weighted by molar-refractivity contribution is 5.71. The van der Waals surface area contributed by atoms with Crippen LogP contribution in [0.5, 0.6) is 0 Å². The van der Waals surface area contributed by atoms with Crippen molar-refractivity contribution in [1.29, 1.82) is 0 Å². The fraction of sp³-hybridized carbons (Fsp3) is 0.708. The number of carbonyl (C=O) groups is 3. The Morgan fingerprint density at radius 1 is 0.296 bits per heavy atom. The quantitative estimate of drug-likeness (QED) is 0.0261. The van der Waals surface area contributed by atoms with Crippen LogP contribution in [0.3, 0.4) is 0 Å². The van der Waals surface area contributed by atoms with E-state index in [0.29, 0.717) is 19.3 Å². The minimum absolute atomic E-state index is 0.0936. The van der Waals surface area contributed by atoms with Gasteiger partial charge in [0.05, 0.1) is 0 Å². The van der Waals surface area contributed by atoms with E-state index in [-0.39, 0.29) is 31.1 Å². The van der Waals surface area contributed by atoms with E-state index in [1.54, 1.807) is 0 Å². The minimum Gasteiger partial charge on any atom is -0.462 e. The van der Waals surface area contributed by atoms with Crippen molar-refractivity contribution in [3.8, 4) is 0 Å². The first-order valence-corrected chi connectivity index (χ1v) is 29.7. The molecule has 0 N–H and O–H groups in total. The number of hydrogen-bond donors (Lipinski definition) is 0. The monoisotopic (exact) mass is 987 g/mol. The highest BCUT2D eigenvalue weighted by Gasteiger charge is 2.19. The van der Waals surface area contributed by atoms with Gasteiger partial charge in [0.1, 0.15) is 13.2 Å². The summed E-state index contributed by atoms with van der Waals surface area (Å²) in [5.41, 5.74) is 0. The van der Waals surface area contributed by atoms with Gasteiger partial charge in [0, 0.05) is 19.3 Å². The lowest BCUT2D eigenvalue weighted by atomic mass is 10.1. The number of unbranched alkanes of at least 4 members (excludes halogenated alkanes) is 26. The van der Waals surface area contributed by atoms with Crippen LogP contribution in [0.4, 0.5) is 0 Å². The molecule has 0 saturated carbocycles. The van der Waals surface area contributed by atoms with E-state index in [9.17, 15) is 14.4 Å². The van der Waals surface area contributed by atoms with E-state index >= 15 is 0 Å². The largest absolute Gasteiger partial charge is 0.462 e. The molecule has 0 spiro atoms. The third-order valence-electron chi connectivity index (χ3n) is 12.5. The van der Waals surface area contributed by atoms with E-state index in [0.717, 1.165) is 128 Å². The van der Waals surface area contributed by atoms with Gasteiger partial charge in [-0.25, -0.2) is 0 Å². The van der Waals surface area contributed by atoms with Crippen LogP contribution in [0.25, 0.3) is 0 Å². The maximum atomic E-state index is 12.9. The number of rotatable bonds is 53. The average molecular weight is 988 g/mol. The van der Waals surface area contributed by atoms with Crippen LogP contribution in [-0.4, -0.2) is 37.2 Å². The number of esters is 3. The van der Waals surface area contributed by atoms with Crippen molar-refractivity contribution in [2.24, 2.45) is 0 Å². The molecule has 0 bridgehead atoms. The molecule has 0 aromatic rings. The third kappa shape index (κ3) is 57.1. The summed E-state index contributed by atoms with van der Waals surface area (Å²) in [5.74, 6) is -0.924. The van der Waals surface area contributed by atoms with Crippen LogP contribution in [0.2, 0.25) is 0 Å². The van der Waals surface area contributed by atoms with Crippen molar-refractivity contribution in [3.63, 3.8) is 0 Å². The van der Waals surface area contributed by atoms with Crippen LogP contribution in [0, 0.1) is 0 Å². The molecule has 406 valence electrons. The molecule has 71 heavy (non-hydrogen) atoms. The lowest BCUT2D eigenvalue weighted by molar-refractivity contribution is -0.167. The van der Waals surface area contributed by atoms with Gasteiger partial charge in [0.2, 0.25) is 0 Å². The molecule has 0 aliphatic rings. The third-order valence-corrected chi connectivity index (χ3v) is 12.5. The van der Waals surface area contributed by atoms with Crippen molar-refractivity contribution >= 4 is 17.9 Å². The molecule has 0 aliphatic carbocycles. The summed E-state index contributed by atoms with van der Waals surface area (Å²) in [7, 11) is 0. The second-order valence-electron chi connectivity index (χ2n) is 19.5. The summed E-state index contributed by atoms with van der Waals surface area (Å²) in [5, 5.41) is 0. The van der Waals surface area contributed by atoms with Gasteiger partial charge in [-0.2, -0.15) is 0 Å². The number of allylic oxidation sites excluding steroid dienone is 16. The number of ether oxygens (including phenoxy) is 3. The van der Waals surface area contributed by atoms with Gasteiger partial charge in [0.25, 0.3) is 0 Å². The predicted molar refractivity (Wildman–Crippen MR) is 307 cm³/mol. The molecule has 1 atom stereocenters. The fourth-order valence-electron chi connectivity index (χ4n) is 8.08. The van der Waals surface area contributed by atoms with Gasteiger partial charge in [-0.1, -0.05) is 234 Å². The first kappa shape index (κ1) is 67.3. The molecule has 6 nitrogen and oxygen atoms in total. The van der Waals surface area contributed by atoms with Crippen molar-refractivity contribution in [3.05, 3.63) is 97.2 Å². The smallest absolute Gasteiger partial charge is 0.306 e. The number of carbonyl (C=O) groups excluding carboxylic acids is 3. The van der Waals surface area contributed by atoms with Gasteiger partial charge in [-0.05, 0) is 122 Å². The van der Waals surface area contributed by atoms with Crippen molar-refractivity contribution in [2.45, 2.75) is 284 Å². The average Bonchev–Trinajstić information content (AvgIpc) is 3.37. The first-order chi connectivity index (χ1) is 35.0. The summed E-state index contributed by atoms with van der Waals surface area (Å²) < 4.78 is 16.9. The normalized spacial score (nSPS) is 12.8. The Hall–Kier alpha value is -3.67. The lowest BCUT2D eigenvalue weighted by Gasteiger charge is -2.18. The molecule has 6 heteroatoms. The molecule has 0 saturated heterocycles. The molecular weight excluding hydrogens is 877 g/mol. The second-order valence-corrected chi connectivity index (χ2v) is 19.5. The Labute approximate surface area is 438 Å². The standard InChI is InChI=1S/C65H110O6/c1-4-7-10-13-16-19-22-25-28-30-31-32-33-35-37-40-43-46-49-52-55-58-64(67)70-61-62(60-69-63(66)57-54-51-48-45-42-39-36-27-24-21-18-15-12-9-6-3)71-65(68)59-56-53-50-47-44-41-38-34-29-26-23-20-17-14-11-8-5-2/h8,11,17-18,20-22,25-27,29-31,33,35-36,62H,4-7,9-10,12-16,19,23-24,28,32,34,37-61H2,1-3H3/b11-8-,20-17-,21-18-,25-22-,29-26-,31-30-,35-33-,36-27-. The summed E-state index contributed by atoms with van der Waals surface area (Å²) in [6.45, 7) is 6.47. The highest BCUT2D eigenvalue weighted by atomic mass is 16.6. The maximum Gasteiger partial charge on any atom is 0.306 e. The number of hydrogen-bond acceptors (Lipinski definition) is 6. The Kier molecular flexibility index (Phi) is 55.9. The van der Waals surface area contributed by atoms with Crippen LogP contribution in [-0.2, 0) is 28.6 Å².